The zero-order valence-corrected chi connectivity index (χ0v) is 13.3. The molecule has 1 aromatic carbocycles. The van der Waals surface area contributed by atoms with Gasteiger partial charge in [-0.3, -0.25) is 9.59 Å². The number of carbonyl (C=O) groups is 2. The average molecular weight is 305 g/mol. The van der Waals surface area contributed by atoms with Crippen molar-refractivity contribution in [1.29, 1.82) is 0 Å². The van der Waals surface area contributed by atoms with Crippen molar-refractivity contribution in [3.05, 3.63) is 24.3 Å². The van der Waals surface area contributed by atoms with E-state index in [0.717, 1.165) is 18.6 Å². The number of rotatable bonds is 8. The first-order valence-electron chi connectivity index (χ1n) is 7.31. The predicted molar refractivity (Wildman–Crippen MR) is 87.0 cm³/mol. The van der Waals surface area contributed by atoms with E-state index in [1.54, 1.807) is 38.3 Å². The van der Waals surface area contributed by atoms with Gasteiger partial charge in [-0.15, -0.1) is 0 Å². The van der Waals surface area contributed by atoms with Gasteiger partial charge in [-0.25, -0.2) is 5.43 Å². The molecule has 120 valence electrons. The second-order valence-electron chi connectivity index (χ2n) is 4.94. The second kappa shape index (κ2) is 9.55. The molecular formula is C16H23N3O3. The third-order valence-electron chi connectivity index (χ3n) is 2.92. The molecule has 0 radical (unpaired) electrons. The molecule has 2 amide bonds. The molecule has 0 spiro atoms. The number of nitrogens with one attached hydrogen (secondary N) is 2. The van der Waals surface area contributed by atoms with Gasteiger partial charge in [0, 0.05) is 17.8 Å². The van der Waals surface area contributed by atoms with Crippen LogP contribution >= 0.6 is 0 Å². The maximum atomic E-state index is 11.9. The fourth-order valence-corrected chi connectivity index (χ4v) is 1.70. The summed E-state index contributed by atoms with van der Waals surface area (Å²) in [6, 6.07) is 7.06. The van der Waals surface area contributed by atoms with Crippen LogP contribution in [0.1, 0.15) is 39.5 Å². The summed E-state index contributed by atoms with van der Waals surface area (Å²) in [6.45, 7) is 3.72. The van der Waals surface area contributed by atoms with Gasteiger partial charge in [-0.1, -0.05) is 13.3 Å². The van der Waals surface area contributed by atoms with E-state index < -0.39 is 0 Å². The van der Waals surface area contributed by atoms with Gasteiger partial charge < -0.3 is 10.1 Å². The van der Waals surface area contributed by atoms with E-state index in [-0.39, 0.29) is 18.2 Å². The van der Waals surface area contributed by atoms with Gasteiger partial charge in [0.1, 0.15) is 5.75 Å². The van der Waals surface area contributed by atoms with Crippen molar-refractivity contribution in [3.8, 4) is 5.75 Å². The third-order valence-corrected chi connectivity index (χ3v) is 2.92. The Morgan fingerprint density at radius 3 is 2.45 bits per heavy atom. The Morgan fingerprint density at radius 2 is 1.86 bits per heavy atom. The quantitative estimate of drug-likeness (QED) is 0.572. The minimum Gasteiger partial charge on any atom is -0.497 e. The number of nitrogens with zero attached hydrogens (tertiary/aromatic N) is 1. The molecule has 0 aromatic heterocycles. The molecule has 6 nitrogen and oxygen atoms in total. The summed E-state index contributed by atoms with van der Waals surface area (Å²) in [5.74, 6) is 0.413. The number of amides is 2. The summed E-state index contributed by atoms with van der Waals surface area (Å²) in [4.78, 5) is 23.3. The minimum atomic E-state index is -0.186. The number of hydrogen-bond acceptors (Lipinski definition) is 4. The van der Waals surface area contributed by atoms with Gasteiger partial charge >= 0.3 is 0 Å². The van der Waals surface area contributed by atoms with Crippen LogP contribution in [0.2, 0.25) is 0 Å². The zero-order valence-electron chi connectivity index (χ0n) is 13.3. The zero-order chi connectivity index (χ0) is 16.4. The lowest BCUT2D eigenvalue weighted by Gasteiger charge is -2.06. The lowest BCUT2D eigenvalue weighted by Crippen LogP contribution is -2.21. The van der Waals surface area contributed by atoms with Crippen molar-refractivity contribution in [2.24, 2.45) is 5.10 Å². The molecule has 0 saturated heterocycles. The molecule has 0 atom stereocenters. The SMILES string of the molecule is CCCCC(=O)NN=C(C)CC(=O)Nc1ccc(OC)cc1. The van der Waals surface area contributed by atoms with Crippen molar-refractivity contribution in [2.75, 3.05) is 12.4 Å². The summed E-state index contributed by atoms with van der Waals surface area (Å²) in [5, 5.41) is 6.68. The Hall–Kier alpha value is -2.37. The number of hydrazone groups is 1. The van der Waals surface area contributed by atoms with Crippen LogP contribution < -0.4 is 15.5 Å². The van der Waals surface area contributed by atoms with Crippen molar-refractivity contribution in [2.45, 2.75) is 39.5 Å². The summed E-state index contributed by atoms with van der Waals surface area (Å²) in [5.41, 5.74) is 3.69. The topological polar surface area (TPSA) is 79.8 Å². The fourth-order valence-electron chi connectivity index (χ4n) is 1.70. The van der Waals surface area contributed by atoms with Crippen molar-refractivity contribution < 1.29 is 14.3 Å². The standard InChI is InChI=1S/C16H23N3O3/c1-4-5-6-15(20)19-18-12(2)11-16(21)17-13-7-9-14(22-3)10-8-13/h7-10H,4-6,11H2,1-3H3,(H,17,21)(H,19,20). The van der Waals surface area contributed by atoms with Crippen LogP contribution in [0, 0.1) is 0 Å². The Bertz CT molecular complexity index is 524. The highest BCUT2D eigenvalue weighted by molar-refractivity contribution is 6.05. The number of methoxy groups -OCH3 is 1. The van der Waals surface area contributed by atoms with Gasteiger partial charge in [0.15, 0.2) is 0 Å². The summed E-state index contributed by atoms with van der Waals surface area (Å²) >= 11 is 0. The normalized spacial score (nSPS) is 11.0. The van der Waals surface area contributed by atoms with Crippen molar-refractivity contribution in [1.82, 2.24) is 5.43 Å². The van der Waals surface area contributed by atoms with E-state index in [4.69, 9.17) is 4.74 Å². The van der Waals surface area contributed by atoms with Crippen LogP contribution in [0.4, 0.5) is 5.69 Å². The molecule has 1 rings (SSSR count). The lowest BCUT2D eigenvalue weighted by atomic mass is 10.2. The average Bonchev–Trinajstić information content (AvgIpc) is 2.51. The van der Waals surface area contributed by atoms with Crippen molar-refractivity contribution in [3.63, 3.8) is 0 Å². The van der Waals surface area contributed by atoms with Gasteiger partial charge in [-0.2, -0.15) is 5.10 Å². The molecule has 22 heavy (non-hydrogen) atoms. The van der Waals surface area contributed by atoms with Gasteiger partial charge in [-0.05, 0) is 37.6 Å². The molecule has 0 aliphatic heterocycles. The van der Waals surface area contributed by atoms with E-state index in [1.165, 1.54) is 0 Å². The van der Waals surface area contributed by atoms with Crippen LogP contribution in [0.3, 0.4) is 0 Å². The summed E-state index contributed by atoms with van der Waals surface area (Å²) in [7, 11) is 1.59. The molecule has 0 bridgehead atoms. The number of anilines is 1. The third kappa shape index (κ3) is 6.88. The highest BCUT2D eigenvalue weighted by Gasteiger charge is 2.06. The first-order chi connectivity index (χ1) is 10.5. The second-order valence-corrected chi connectivity index (χ2v) is 4.94. The summed E-state index contributed by atoms with van der Waals surface area (Å²) < 4.78 is 5.05. The van der Waals surface area contributed by atoms with Gasteiger partial charge in [0.05, 0.1) is 13.5 Å². The van der Waals surface area contributed by atoms with E-state index in [0.29, 0.717) is 17.8 Å². The van der Waals surface area contributed by atoms with E-state index in [9.17, 15) is 9.59 Å². The predicted octanol–water partition coefficient (Wildman–Crippen LogP) is 2.71. The number of carbonyl (C=O) groups excluding carboxylic acids is 2. The molecule has 0 unspecified atom stereocenters. The first-order valence-corrected chi connectivity index (χ1v) is 7.31. The highest BCUT2D eigenvalue weighted by atomic mass is 16.5. The van der Waals surface area contributed by atoms with Crippen LogP contribution in [-0.4, -0.2) is 24.6 Å². The minimum absolute atomic E-state index is 0.125. The maximum Gasteiger partial charge on any atom is 0.240 e. The van der Waals surface area contributed by atoms with Crippen molar-refractivity contribution >= 4 is 23.2 Å². The monoisotopic (exact) mass is 305 g/mol. The number of benzene rings is 1. The van der Waals surface area contributed by atoms with Crippen LogP contribution in [0.15, 0.2) is 29.4 Å². The Kier molecular flexibility index (Phi) is 7.67. The molecule has 1 aromatic rings. The summed E-state index contributed by atoms with van der Waals surface area (Å²) in [6.07, 6.45) is 2.37. The molecule has 0 fully saturated rings. The molecule has 0 saturated carbocycles. The van der Waals surface area contributed by atoms with Gasteiger partial charge in [0.2, 0.25) is 11.8 Å². The lowest BCUT2D eigenvalue weighted by molar-refractivity contribution is -0.121. The molecule has 0 aliphatic rings. The number of ether oxygens (including phenoxy) is 1. The number of unbranched alkanes of at least 4 members (excludes halogenated alkanes) is 1. The molecule has 0 heterocycles. The van der Waals surface area contributed by atoms with E-state index in [2.05, 4.69) is 15.8 Å². The van der Waals surface area contributed by atoms with Gasteiger partial charge in [0.25, 0.3) is 0 Å². The fraction of sp³-hybridized carbons (Fsp3) is 0.438. The van der Waals surface area contributed by atoms with Crippen LogP contribution in [0.5, 0.6) is 5.75 Å². The van der Waals surface area contributed by atoms with E-state index in [1.807, 2.05) is 6.92 Å². The molecule has 0 aliphatic carbocycles. The Balaban J connectivity index is 2.41. The number of hydrogen-bond donors (Lipinski definition) is 2. The first kappa shape index (κ1) is 17.7. The molecule has 6 heteroatoms. The van der Waals surface area contributed by atoms with E-state index >= 15 is 0 Å². The van der Waals surface area contributed by atoms with Crippen LogP contribution in [-0.2, 0) is 9.59 Å². The molecule has 2 N–H and O–H groups in total. The smallest absolute Gasteiger partial charge is 0.240 e. The Morgan fingerprint density at radius 1 is 1.18 bits per heavy atom. The largest absolute Gasteiger partial charge is 0.497 e. The highest BCUT2D eigenvalue weighted by Crippen LogP contribution is 2.15. The van der Waals surface area contributed by atoms with Crippen LogP contribution in [0.25, 0.3) is 0 Å². The Labute approximate surface area is 130 Å². The molecular weight excluding hydrogens is 282 g/mol. The maximum absolute atomic E-state index is 11.9.